The zero-order valence-electron chi connectivity index (χ0n) is 19.5. The largest absolute Gasteiger partial charge is 0.355 e. The summed E-state index contributed by atoms with van der Waals surface area (Å²) in [5.74, 6) is -0.678. The zero-order chi connectivity index (χ0) is 23.9. The van der Waals surface area contributed by atoms with Crippen LogP contribution in [-0.2, 0) is 26.2 Å². The molecule has 1 unspecified atom stereocenters. The van der Waals surface area contributed by atoms with Crippen molar-refractivity contribution >= 4 is 21.8 Å². The van der Waals surface area contributed by atoms with Gasteiger partial charge in [-0.2, -0.15) is 4.31 Å². The van der Waals surface area contributed by atoms with Crippen LogP contribution in [0.15, 0.2) is 53.4 Å². The van der Waals surface area contributed by atoms with Crippen molar-refractivity contribution in [1.82, 2.24) is 14.5 Å². The van der Waals surface area contributed by atoms with Gasteiger partial charge in [-0.05, 0) is 44.9 Å². The molecule has 0 radical (unpaired) electrons. The Kier molecular flexibility index (Phi) is 8.98. The number of carbonyl (C=O) groups excluding carboxylic acids is 2. The molecule has 1 N–H and O–H groups in total. The van der Waals surface area contributed by atoms with Crippen LogP contribution >= 0.6 is 0 Å². The maximum Gasteiger partial charge on any atom is 0.243 e. The topological polar surface area (TPSA) is 86.8 Å². The van der Waals surface area contributed by atoms with E-state index in [9.17, 15) is 18.0 Å². The SMILES string of the molecule is CCNC(=O)C(CC)N(Cc1cccc(C)c1)C(=O)CN(C)S(=O)(=O)c1ccc(C)cc1. The highest BCUT2D eigenvalue weighted by Crippen LogP contribution is 2.18. The van der Waals surface area contributed by atoms with Crippen molar-refractivity contribution in [3.8, 4) is 0 Å². The number of benzene rings is 2. The first-order valence-corrected chi connectivity index (χ1v) is 12.2. The molecule has 174 valence electrons. The van der Waals surface area contributed by atoms with Crippen molar-refractivity contribution in [3.05, 3.63) is 65.2 Å². The zero-order valence-corrected chi connectivity index (χ0v) is 20.3. The third kappa shape index (κ3) is 6.40. The van der Waals surface area contributed by atoms with Crippen LogP contribution in [0.2, 0.25) is 0 Å². The van der Waals surface area contributed by atoms with Crippen LogP contribution in [0.1, 0.15) is 37.0 Å². The van der Waals surface area contributed by atoms with Gasteiger partial charge in [-0.25, -0.2) is 8.42 Å². The molecule has 8 heteroatoms. The van der Waals surface area contributed by atoms with Crippen molar-refractivity contribution in [2.75, 3.05) is 20.1 Å². The fourth-order valence-electron chi connectivity index (χ4n) is 3.48. The fourth-order valence-corrected chi connectivity index (χ4v) is 4.60. The molecule has 2 rings (SSSR count). The van der Waals surface area contributed by atoms with Gasteiger partial charge in [0.1, 0.15) is 6.04 Å². The van der Waals surface area contributed by atoms with E-state index < -0.39 is 22.0 Å². The predicted molar refractivity (Wildman–Crippen MR) is 125 cm³/mol. The third-order valence-corrected chi connectivity index (χ3v) is 7.08. The molecular formula is C24H33N3O4S. The Hall–Kier alpha value is -2.71. The molecule has 2 aromatic rings. The van der Waals surface area contributed by atoms with Crippen molar-refractivity contribution in [1.29, 1.82) is 0 Å². The van der Waals surface area contributed by atoms with Gasteiger partial charge in [0.25, 0.3) is 0 Å². The van der Waals surface area contributed by atoms with Crippen LogP contribution in [0.4, 0.5) is 0 Å². The highest BCUT2D eigenvalue weighted by Gasteiger charge is 2.31. The van der Waals surface area contributed by atoms with Gasteiger partial charge in [0, 0.05) is 20.1 Å². The molecule has 0 bridgehead atoms. The quantitative estimate of drug-likeness (QED) is 0.592. The summed E-state index contributed by atoms with van der Waals surface area (Å²) in [6.07, 6.45) is 0.414. The van der Waals surface area contributed by atoms with Gasteiger partial charge in [0.05, 0.1) is 11.4 Å². The third-order valence-electron chi connectivity index (χ3n) is 5.26. The van der Waals surface area contributed by atoms with E-state index in [4.69, 9.17) is 0 Å². The Balaban J connectivity index is 2.31. The summed E-state index contributed by atoms with van der Waals surface area (Å²) in [7, 11) is -2.46. The maximum absolute atomic E-state index is 13.3. The summed E-state index contributed by atoms with van der Waals surface area (Å²) in [5.41, 5.74) is 2.87. The predicted octanol–water partition coefficient (Wildman–Crippen LogP) is 2.87. The van der Waals surface area contributed by atoms with Crippen molar-refractivity contribution in [2.24, 2.45) is 0 Å². The monoisotopic (exact) mass is 459 g/mol. The molecule has 0 fully saturated rings. The lowest BCUT2D eigenvalue weighted by molar-refractivity contribution is -0.141. The minimum Gasteiger partial charge on any atom is -0.355 e. The first-order chi connectivity index (χ1) is 15.1. The molecule has 1 atom stereocenters. The van der Waals surface area contributed by atoms with Gasteiger partial charge < -0.3 is 10.2 Å². The molecule has 7 nitrogen and oxygen atoms in total. The molecule has 0 aliphatic rings. The second-order valence-electron chi connectivity index (χ2n) is 7.90. The molecule has 0 spiro atoms. The smallest absolute Gasteiger partial charge is 0.243 e. The normalized spacial score (nSPS) is 12.4. The van der Waals surface area contributed by atoms with E-state index in [1.165, 1.54) is 24.1 Å². The molecular weight excluding hydrogens is 426 g/mol. The number of nitrogens with one attached hydrogen (secondary N) is 1. The standard InChI is InChI=1S/C24H33N3O4S/c1-6-22(24(29)25-7-2)27(16-20-10-8-9-19(4)15-20)23(28)17-26(5)32(30,31)21-13-11-18(3)12-14-21/h8-15,22H,6-7,16-17H2,1-5H3,(H,25,29). The lowest BCUT2D eigenvalue weighted by Gasteiger charge is -2.32. The van der Waals surface area contributed by atoms with Gasteiger partial charge >= 0.3 is 0 Å². The highest BCUT2D eigenvalue weighted by molar-refractivity contribution is 7.89. The van der Waals surface area contributed by atoms with E-state index >= 15 is 0 Å². The van der Waals surface area contributed by atoms with Gasteiger partial charge in [-0.1, -0.05) is 54.4 Å². The van der Waals surface area contributed by atoms with Gasteiger partial charge in [-0.15, -0.1) is 0 Å². The molecule has 0 saturated heterocycles. The molecule has 2 amide bonds. The number of hydrogen-bond acceptors (Lipinski definition) is 4. The molecule has 0 aliphatic heterocycles. The Labute approximate surface area is 191 Å². The van der Waals surface area contributed by atoms with Gasteiger partial charge in [0.2, 0.25) is 21.8 Å². The molecule has 0 aromatic heterocycles. The second kappa shape index (κ2) is 11.2. The van der Waals surface area contributed by atoms with Gasteiger partial charge in [0.15, 0.2) is 0 Å². The van der Waals surface area contributed by atoms with E-state index in [1.54, 1.807) is 12.1 Å². The van der Waals surface area contributed by atoms with Gasteiger partial charge in [-0.3, -0.25) is 9.59 Å². The Bertz CT molecular complexity index is 1040. The molecule has 0 heterocycles. The van der Waals surface area contributed by atoms with Crippen LogP contribution < -0.4 is 5.32 Å². The van der Waals surface area contributed by atoms with E-state index in [2.05, 4.69) is 5.32 Å². The summed E-state index contributed by atoms with van der Waals surface area (Å²) in [5, 5.41) is 2.78. The average molecular weight is 460 g/mol. The number of hydrogen-bond donors (Lipinski definition) is 1. The summed E-state index contributed by atoms with van der Waals surface area (Å²) in [6, 6.07) is 13.5. The Morgan fingerprint density at radius 3 is 2.22 bits per heavy atom. The van der Waals surface area contributed by atoms with E-state index in [0.29, 0.717) is 13.0 Å². The maximum atomic E-state index is 13.3. The second-order valence-corrected chi connectivity index (χ2v) is 9.95. The Morgan fingerprint density at radius 2 is 1.66 bits per heavy atom. The number of sulfonamides is 1. The van der Waals surface area contributed by atoms with Crippen LogP contribution in [0.25, 0.3) is 0 Å². The molecule has 32 heavy (non-hydrogen) atoms. The number of carbonyl (C=O) groups is 2. The van der Waals surface area contributed by atoms with Crippen LogP contribution in [0.3, 0.4) is 0 Å². The van der Waals surface area contributed by atoms with Crippen LogP contribution in [0.5, 0.6) is 0 Å². The number of likely N-dealkylation sites (N-methyl/N-ethyl adjacent to an activating group) is 2. The fraction of sp³-hybridized carbons (Fsp3) is 0.417. The minimum atomic E-state index is -3.84. The van der Waals surface area contributed by atoms with E-state index in [0.717, 1.165) is 21.0 Å². The first-order valence-electron chi connectivity index (χ1n) is 10.8. The molecule has 0 aliphatic carbocycles. The lowest BCUT2D eigenvalue weighted by Crippen LogP contribution is -2.51. The number of nitrogens with zero attached hydrogens (tertiary/aromatic N) is 2. The van der Waals surface area contributed by atoms with E-state index in [1.807, 2.05) is 52.0 Å². The van der Waals surface area contributed by atoms with E-state index in [-0.39, 0.29) is 23.9 Å². The summed E-state index contributed by atoms with van der Waals surface area (Å²) in [4.78, 5) is 27.6. The average Bonchev–Trinajstić information content (AvgIpc) is 2.74. The van der Waals surface area contributed by atoms with Crippen LogP contribution in [-0.4, -0.2) is 55.6 Å². The lowest BCUT2D eigenvalue weighted by atomic mass is 10.1. The molecule has 2 aromatic carbocycles. The molecule has 0 saturated carbocycles. The van der Waals surface area contributed by atoms with Crippen LogP contribution in [0, 0.1) is 13.8 Å². The summed E-state index contributed by atoms with van der Waals surface area (Å²) < 4.78 is 26.9. The van der Waals surface area contributed by atoms with Crippen molar-refractivity contribution in [3.63, 3.8) is 0 Å². The summed E-state index contributed by atoms with van der Waals surface area (Å²) in [6.45, 7) is 7.79. The minimum absolute atomic E-state index is 0.124. The van der Waals surface area contributed by atoms with Crippen molar-refractivity contribution in [2.45, 2.75) is 51.6 Å². The number of rotatable bonds is 10. The summed E-state index contributed by atoms with van der Waals surface area (Å²) >= 11 is 0. The van der Waals surface area contributed by atoms with Crippen molar-refractivity contribution < 1.29 is 18.0 Å². The Morgan fingerprint density at radius 1 is 1.00 bits per heavy atom. The highest BCUT2D eigenvalue weighted by atomic mass is 32.2. The number of aryl methyl sites for hydroxylation is 2. The number of amides is 2. The first kappa shape index (κ1) is 25.5.